The Morgan fingerprint density at radius 2 is 1.94 bits per heavy atom. The molecule has 1 nitrogen and oxygen atoms in total. The first kappa shape index (κ1) is 13.5. The lowest BCUT2D eigenvalue weighted by Gasteiger charge is -2.31. The lowest BCUT2D eigenvalue weighted by atomic mass is 9.80. The van der Waals surface area contributed by atoms with Gasteiger partial charge in [-0.2, -0.15) is 0 Å². The highest BCUT2D eigenvalue weighted by Crippen LogP contribution is 2.38. The molecular weight excluding hydrogens is 225 g/mol. The van der Waals surface area contributed by atoms with Crippen LogP contribution in [0.15, 0.2) is 12.1 Å². The minimum absolute atomic E-state index is 0.121. The summed E-state index contributed by atoms with van der Waals surface area (Å²) in [7, 11) is 0. The van der Waals surface area contributed by atoms with Crippen molar-refractivity contribution in [3.8, 4) is 0 Å². The minimum atomic E-state index is -0.466. The van der Waals surface area contributed by atoms with Crippen LogP contribution in [0.5, 0.6) is 0 Å². The summed E-state index contributed by atoms with van der Waals surface area (Å²) in [6.07, 6.45) is 5.21. The van der Waals surface area contributed by atoms with E-state index in [0.717, 1.165) is 42.4 Å². The second-order valence-corrected chi connectivity index (χ2v) is 6.13. The van der Waals surface area contributed by atoms with E-state index < -0.39 is 5.54 Å². The van der Waals surface area contributed by atoms with Gasteiger partial charge in [0.2, 0.25) is 0 Å². The Morgan fingerprint density at radius 1 is 1.22 bits per heavy atom. The lowest BCUT2D eigenvalue weighted by Crippen LogP contribution is -2.38. The Labute approximate surface area is 110 Å². The number of nitrogens with two attached hydrogens (primary N) is 1. The number of halogens is 1. The molecule has 0 bridgehead atoms. The van der Waals surface area contributed by atoms with Gasteiger partial charge in [0.15, 0.2) is 0 Å². The number of aryl methyl sites for hydroxylation is 2. The van der Waals surface area contributed by atoms with E-state index in [-0.39, 0.29) is 5.82 Å². The van der Waals surface area contributed by atoms with Gasteiger partial charge in [0.25, 0.3) is 0 Å². The molecule has 1 aliphatic carbocycles. The zero-order valence-corrected chi connectivity index (χ0v) is 11.7. The van der Waals surface area contributed by atoms with Crippen LogP contribution in [0.3, 0.4) is 0 Å². The average molecular weight is 249 g/mol. The molecule has 0 heterocycles. The number of hydrogen-bond donors (Lipinski definition) is 1. The van der Waals surface area contributed by atoms with Crippen molar-refractivity contribution in [3.05, 3.63) is 34.6 Å². The van der Waals surface area contributed by atoms with Crippen LogP contribution in [0, 0.1) is 25.6 Å². The third-order valence-corrected chi connectivity index (χ3v) is 4.33. The minimum Gasteiger partial charge on any atom is -0.321 e. The summed E-state index contributed by atoms with van der Waals surface area (Å²) in [5, 5.41) is 0. The Bertz CT molecular complexity index is 418. The maximum atomic E-state index is 14.3. The highest BCUT2D eigenvalue weighted by molar-refractivity contribution is 5.37. The Balaban J connectivity index is 2.40. The van der Waals surface area contributed by atoms with Crippen molar-refractivity contribution < 1.29 is 4.39 Å². The molecule has 2 rings (SSSR count). The van der Waals surface area contributed by atoms with Crippen LogP contribution in [-0.4, -0.2) is 0 Å². The topological polar surface area (TPSA) is 26.0 Å². The molecule has 2 N–H and O–H groups in total. The Kier molecular flexibility index (Phi) is 3.76. The zero-order chi connectivity index (χ0) is 13.3. The van der Waals surface area contributed by atoms with Crippen molar-refractivity contribution in [1.82, 2.24) is 0 Å². The molecule has 2 heteroatoms. The van der Waals surface area contributed by atoms with Crippen LogP contribution in [0.2, 0.25) is 0 Å². The molecule has 1 saturated carbocycles. The summed E-state index contributed by atoms with van der Waals surface area (Å²) in [5.74, 6) is 0.591. The van der Waals surface area contributed by atoms with E-state index in [1.165, 1.54) is 6.42 Å². The van der Waals surface area contributed by atoms with E-state index in [1.54, 1.807) is 6.07 Å². The van der Waals surface area contributed by atoms with Gasteiger partial charge in [0.05, 0.1) is 0 Å². The molecule has 0 aromatic heterocycles. The summed E-state index contributed by atoms with van der Waals surface area (Å²) in [4.78, 5) is 0. The number of hydrogen-bond acceptors (Lipinski definition) is 1. The van der Waals surface area contributed by atoms with Crippen molar-refractivity contribution in [3.63, 3.8) is 0 Å². The summed E-state index contributed by atoms with van der Waals surface area (Å²) in [6, 6.07) is 3.66. The first-order valence-corrected chi connectivity index (χ1v) is 6.98. The van der Waals surface area contributed by atoms with Crippen LogP contribution in [0.1, 0.15) is 55.7 Å². The molecular formula is C16H24FN. The van der Waals surface area contributed by atoms with E-state index in [4.69, 9.17) is 5.73 Å². The van der Waals surface area contributed by atoms with Crippen LogP contribution in [0.25, 0.3) is 0 Å². The van der Waals surface area contributed by atoms with Crippen molar-refractivity contribution in [2.75, 3.05) is 0 Å². The van der Waals surface area contributed by atoms with E-state index in [2.05, 4.69) is 6.92 Å². The summed E-state index contributed by atoms with van der Waals surface area (Å²) >= 11 is 0. The third kappa shape index (κ3) is 2.59. The highest BCUT2D eigenvalue weighted by Gasteiger charge is 2.33. The summed E-state index contributed by atoms with van der Waals surface area (Å²) < 4.78 is 14.3. The van der Waals surface area contributed by atoms with Gasteiger partial charge in [0.1, 0.15) is 5.82 Å². The van der Waals surface area contributed by atoms with E-state index in [9.17, 15) is 4.39 Å². The van der Waals surface area contributed by atoms with Crippen LogP contribution >= 0.6 is 0 Å². The van der Waals surface area contributed by atoms with Gasteiger partial charge < -0.3 is 5.73 Å². The molecule has 0 saturated heterocycles. The molecule has 2 unspecified atom stereocenters. The Morgan fingerprint density at radius 3 is 2.61 bits per heavy atom. The van der Waals surface area contributed by atoms with Gasteiger partial charge in [-0.05, 0) is 56.2 Å². The predicted octanol–water partition coefficient (Wildman–Crippen LogP) is 4.20. The second-order valence-electron chi connectivity index (χ2n) is 6.13. The van der Waals surface area contributed by atoms with E-state index in [1.807, 2.05) is 19.9 Å². The molecule has 1 aromatic carbocycles. The van der Waals surface area contributed by atoms with Gasteiger partial charge in [0, 0.05) is 11.1 Å². The molecule has 0 radical (unpaired) electrons. The molecule has 0 aliphatic heterocycles. The monoisotopic (exact) mass is 249 g/mol. The number of benzene rings is 1. The van der Waals surface area contributed by atoms with Crippen LogP contribution in [-0.2, 0) is 5.54 Å². The fraction of sp³-hybridized carbons (Fsp3) is 0.625. The second kappa shape index (κ2) is 5.00. The first-order valence-electron chi connectivity index (χ1n) is 6.98. The molecule has 0 spiro atoms. The molecule has 1 aromatic rings. The normalized spacial score (nSPS) is 29.1. The SMILES string of the molecule is Cc1cc(C)c(C2(N)CCCC(C)CC2)c(F)c1. The smallest absolute Gasteiger partial charge is 0.128 e. The van der Waals surface area contributed by atoms with Gasteiger partial charge in [-0.15, -0.1) is 0 Å². The van der Waals surface area contributed by atoms with Crippen molar-refractivity contribution in [2.24, 2.45) is 11.7 Å². The molecule has 18 heavy (non-hydrogen) atoms. The molecule has 100 valence electrons. The zero-order valence-electron chi connectivity index (χ0n) is 11.7. The molecule has 0 amide bonds. The van der Waals surface area contributed by atoms with Crippen molar-refractivity contribution in [2.45, 2.75) is 58.4 Å². The maximum absolute atomic E-state index is 14.3. The molecule has 1 fully saturated rings. The molecule has 1 aliphatic rings. The predicted molar refractivity (Wildman–Crippen MR) is 74.0 cm³/mol. The highest BCUT2D eigenvalue weighted by atomic mass is 19.1. The standard InChI is InChI=1S/C16H24FN/c1-11-5-4-7-16(18,8-6-11)15-13(3)9-12(2)10-14(15)17/h9-11H,4-8,18H2,1-3H3. The van der Waals surface area contributed by atoms with Gasteiger partial charge >= 0.3 is 0 Å². The largest absolute Gasteiger partial charge is 0.321 e. The summed E-state index contributed by atoms with van der Waals surface area (Å²) in [5.41, 5.74) is 8.82. The fourth-order valence-corrected chi connectivity index (χ4v) is 3.34. The van der Waals surface area contributed by atoms with Gasteiger partial charge in [-0.25, -0.2) is 4.39 Å². The maximum Gasteiger partial charge on any atom is 0.128 e. The van der Waals surface area contributed by atoms with Gasteiger partial charge in [-0.3, -0.25) is 0 Å². The summed E-state index contributed by atoms with van der Waals surface area (Å²) in [6.45, 7) is 6.18. The lowest BCUT2D eigenvalue weighted by molar-refractivity contribution is 0.360. The third-order valence-electron chi connectivity index (χ3n) is 4.33. The first-order chi connectivity index (χ1) is 8.42. The van der Waals surface area contributed by atoms with E-state index in [0.29, 0.717) is 5.92 Å². The fourth-order valence-electron chi connectivity index (χ4n) is 3.34. The number of rotatable bonds is 1. The van der Waals surface area contributed by atoms with Crippen LogP contribution in [0.4, 0.5) is 4.39 Å². The average Bonchev–Trinajstić information content (AvgIpc) is 2.40. The van der Waals surface area contributed by atoms with E-state index >= 15 is 0 Å². The van der Waals surface area contributed by atoms with Crippen LogP contribution < -0.4 is 5.73 Å². The molecule has 2 atom stereocenters. The van der Waals surface area contributed by atoms with Crippen molar-refractivity contribution >= 4 is 0 Å². The Hall–Kier alpha value is -0.890. The van der Waals surface area contributed by atoms with Gasteiger partial charge in [-0.1, -0.05) is 25.8 Å². The quantitative estimate of drug-likeness (QED) is 0.742. The van der Waals surface area contributed by atoms with Crippen molar-refractivity contribution in [1.29, 1.82) is 0 Å².